The van der Waals surface area contributed by atoms with Crippen LogP contribution in [0, 0.1) is 19.8 Å². The van der Waals surface area contributed by atoms with Gasteiger partial charge in [-0.15, -0.1) is 24.8 Å². The third-order valence-corrected chi connectivity index (χ3v) is 4.55. The molecule has 0 spiro atoms. The maximum Gasteiger partial charge on any atom is 0.253 e. The predicted molar refractivity (Wildman–Crippen MR) is 105 cm³/mol. The first-order chi connectivity index (χ1) is 11.2. The van der Waals surface area contributed by atoms with E-state index in [-0.39, 0.29) is 30.7 Å². The summed E-state index contributed by atoms with van der Waals surface area (Å²) >= 11 is 0. The average Bonchev–Trinajstić information content (AvgIpc) is 3.16. The second kappa shape index (κ2) is 9.80. The highest BCUT2D eigenvalue weighted by Gasteiger charge is 2.18. The van der Waals surface area contributed by atoms with Gasteiger partial charge in [0.25, 0.3) is 5.91 Å². The molecular formula is C18H26Cl2N4O. The standard InChI is InChI=1S/C18H24N4O.2ClH/c1-13-11-16(14(2)22(13)17-5-3-4-8-20-17)18(23)21-10-7-15-6-9-19-12-15;;/h3-5,8,11,15,19H,6-7,9-10,12H2,1-2H3,(H,21,23);2*1H. The lowest BCUT2D eigenvalue weighted by Crippen LogP contribution is -2.26. The summed E-state index contributed by atoms with van der Waals surface area (Å²) in [4.78, 5) is 16.9. The molecule has 1 atom stereocenters. The second-order valence-electron chi connectivity index (χ2n) is 6.21. The van der Waals surface area contributed by atoms with Crippen LogP contribution >= 0.6 is 24.8 Å². The summed E-state index contributed by atoms with van der Waals surface area (Å²) < 4.78 is 2.02. The Hall–Kier alpha value is -1.56. The number of carbonyl (C=O) groups is 1. The van der Waals surface area contributed by atoms with E-state index in [0.29, 0.717) is 5.92 Å². The third-order valence-electron chi connectivity index (χ3n) is 4.55. The van der Waals surface area contributed by atoms with Gasteiger partial charge in [-0.05, 0) is 63.9 Å². The van der Waals surface area contributed by atoms with Crippen molar-refractivity contribution < 1.29 is 4.79 Å². The van der Waals surface area contributed by atoms with E-state index >= 15 is 0 Å². The topological polar surface area (TPSA) is 59.0 Å². The molecule has 2 N–H and O–H groups in total. The van der Waals surface area contributed by atoms with Crippen LogP contribution in [0.15, 0.2) is 30.5 Å². The van der Waals surface area contributed by atoms with Gasteiger partial charge in [-0.25, -0.2) is 4.98 Å². The van der Waals surface area contributed by atoms with Crippen LogP contribution in [0.5, 0.6) is 0 Å². The molecule has 7 heteroatoms. The second-order valence-corrected chi connectivity index (χ2v) is 6.21. The Kier molecular flexibility index (Phi) is 8.42. The molecule has 2 aromatic heterocycles. The summed E-state index contributed by atoms with van der Waals surface area (Å²) in [6, 6.07) is 7.74. The van der Waals surface area contributed by atoms with E-state index in [4.69, 9.17) is 0 Å². The molecule has 0 bridgehead atoms. The van der Waals surface area contributed by atoms with Crippen LogP contribution < -0.4 is 10.6 Å². The average molecular weight is 385 g/mol. The number of hydrogen-bond donors (Lipinski definition) is 2. The maximum atomic E-state index is 12.5. The number of carbonyl (C=O) groups excluding carboxylic acids is 1. The van der Waals surface area contributed by atoms with Crippen molar-refractivity contribution in [3.05, 3.63) is 47.4 Å². The van der Waals surface area contributed by atoms with E-state index in [0.717, 1.165) is 48.8 Å². The summed E-state index contributed by atoms with van der Waals surface area (Å²) in [6.45, 7) is 6.88. The van der Waals surface area contributed by atoms with Gasteiger partial charge in [0.15, 0.2) is 0 Å². The summed E-state index contributed by atoms with van der Waals surface area (Å²) in [5.41, 5.74) is 2.69. The molecule has 3 heterocycles. The van der Waals surface area contributed by atoms with E-state index in [1.165, 1.54) is 6.42 Å². The summed E-state index contributed by atoms with van der Waals surface area (Å²) in [6.07, 6.45) is 4.02. The van der Waals surface area contributed by atoms with E-state index in [1.54, 1.807) is 6.20 Å². The number of aryl methyl sites for hydroxylation is 1. The molecule has 5 nitrogen and oxygen atoms in total. The van der Waals surface area contributed by atoms with E-state index in [9.17, 15) is 4.79 Å². The molecule has 0 radical (unpaired) electrons. The number of nitrogens with one attached hydrogen (secondary N) is 2. The van der Waals surface area contributed by atoms with Gasteiger partial charge in [-0.3, -0.25) is 4.79 Å². The molecule has 3 rings (SSSR count). The number of hydrogen-bond acceptors (Lipinski definition) is 3. The largest absolute Gasteiger partial charge is 0.352 e. The molecule has 2 aromatic rings. The fourth-order valence-electron chi connectivity index (χ4n) is 3.28. The number of rotatable bonds is 5. The monoisotopic (exact) mass is 384 g/mol. The first-order valence-electron chi connectivity index (χ1n) is 8.26. The fraction of sp³-hybridized carbons (Fsp3) is 0.444. The van der Waals surface area contributed by atoms with Gasteiger partial charge in [0.05, 0.1) is 5.56 Å². The van der Waals surface area contributed by atoms with Gasteiger partial charge in [-0.1, -0.05) is 6.07 Å². The summed E-state index contributed by atoms with van der Waals surface area (Å²) in [5, 5.41) is 6.42. The zero-order chi connectivity index (χ0) is 16.2. The zero-order valence-corrected chi connectivity index (χ0v) is 16.3. The quantitative estimate of drug-likeness (QED) is 0.832. The Morgan fingerprint density at radius 2 is 2.16 bits per heavy atom. The molecule has 1 amide bonds. The van der Waals surface area contributed by atoms with Crippen molar-refractivity contribution >= 4 is 30.7 Å². The zero-order valence-electron chi connectivity index (χ0n) is 14.6. The van der Waals surface area contributed by atoms with Crippen molar-refractivity contribution in [1.82, 2.24) is 20.2 Å². The minimum atomic E-state index is 0. The smallest absolute Gasteiger partial charge is 0.253 e. The molecule has 1 unspecified atom stereocenters. The Bertz CT molecular complexity index is 682. The van der Waals surface area contributed by atoms with Crippen molar-refractivity contribution in [2.24, 2.45) is 5.92 Å². The number of nitrogens with zero attached hydrogens (tertiary/aromatic N) is 2. The van der Waals surface area contributed by atoms with Crippen LogP contribution in [0.25, 0.3) is 5.82 Å². The Labute approximate surface area is 161 Å². The van der Waals surface area contributed by atoms with Crippen LogP contribution in [0.3, 0.4) is 0 Å². The molecule has 25 heavy (non-hydrogen) atoms. The van der Waals surface area contributed by atoms with Crippen LogP contribution in [0.4, 0.5) is 0 Å². The van der Waals surface area contributed by atoms with Gasteiger partial charge in [-0.2, -0.15) is 0 Å². The fourth-order valence-corrected chi connectivity index (χ4v) is 3.28. The lowest BCUT2D eigenvalue weighted by Gasteiger charge is -2.10. The van der Waals surface area contributed by atoms with Crippen molar-refractivity contribution in [2.75, 3.05) is 19.6 Å². The molecule has 1 saturated heterocycles. The van der Waals surface area contributed by atoms with E-state index < -0.39 is 0 Å². The first kappa shape index (κ1) is 21.5. The van der Waals surface area contributed by atoms with Crippen molar-refractivity contribution in [3.8, 4) is 5.82 Å². The molecule has 0 aliphatic carbocycles. The molecule has 1 aliphatic rings. The van der Waals surface area contributed by atoms with Crippen LogP contribution in [-0.4, -0.2) is 35.1 Å². The Morgan fingerprint density at radius 3 is 2.80 bits per heavy atom. The highest BCUT2D eigenvalue weighted by molar-refractivity contribution is 5.95. The molecule has 138 valence electrons. The predicted octanol–water partition coefficient (Wildman–Crippen LogP) is 3.06. The highest BCUT2D eigenvalue weighted by Crippen LogP contribution is 2.19. The van der Waals surface area contributed by atoms with Gasteiger partial charge in [0.2, 0.25) is 0 Å². The van der Waals surface area contributed by atoms with E-state index in [2.05, 4.69) is 15.6 Å². The minimum absolute atomic E-state index is 0. The Morgan fingerprint density at radius 1 is 1.36 bits per heavy atom. The Balaban J connectivity index is 0.00000156. The minimum Gasteiger partial charge on any atom is -0.352 e. The number of halogens is 2. The lowest BCUT2D eigenvalue weighted by molar-refractivity contribution is 0.0951. The summed E-state index contributed by atoms with van der Waals surface area (Å²) in [7, 11) is 0. The van der Waals surface area contributed by atoms with E-state index in [1.807, 2.05) is 42.7 Å². The van der Waals surface area contributed by atoms with Crippen molar-refractivity contribution in [2.45, 2.75) is 26.7 Å². The SMILES string of the molecule is Cc1cc(C(=O)NCCC2CCNC2)c(C)n1-c1ccccn1.Cl.Cl. The number of aromatic nitrogens is 2. The maximum absolute atomic E-state index is 12.5. The first-order valence-corrected chi connectivity index (χ1v) is 8.26. The normalized spacial score (nSPS) is 16.0. The van der Waals surface area contributed by atoms with Crippen LogP contribution in [-0.2, 0) is 0 Å². The molecule has 0 saturated carbocycles. The molecular weight excluding hydrogens is 359 g/mol. The molecule has 0 aromatic carbocycles. The van der Waals surface area contributed by atoms with Gasteiger partial charge < -0.3 is 15.2 Å². The van der Waals surface area contributed by atoms with Crippen molar-refractivity contribution in [3.63, 3.8) is 0 Å². The number of pyridine rings is 1. The van der Waals surface area contributed by atoms with Crippen molar-refractivity contribution in [1.29, 1.82) is 0 Å². The lowest BCUT2D eigenvalue weighted by atomic mass is 10.1. The molecule has 1 aliphatic heterocycles. The van der Waals surface area contributed by atoms with Crippen LogP contribution in [0.2, 0.25) is 0 Å². The summed E-state index contributed by atoms with van der Waals surface area (Å²) in [5.74, 6) is 1.54. The van der Waals surface area contributed by atoms with Gasteiger partial charge in [0.1, 0.15) is 5.82 Å². The molecule has 1 fully saturated rings. The highest BCUT2D eigenvalue weighted by atomic mass is 35.5. The number of amides is 1. The third kappa shape index (κ3) is 4.97. The van der Waals surface area contributed by atoms with Gasteiger partial charge >= 0.3 is 0 Å². The van der Waals surface area contributed by atoms with Gasteiger partial charge in [0, 0.05) is 24.1 Å². The van der Waals surface area contributed by atoms with Crippen LogP contribution in [0.1, 0.15) is 34.6 Å².